The molecule has 1 amide bonds. The summed E-state index contributed by atoms with van der Waals surface area (Å²) in [5.41, 5.74) is 2.99. The molecule has 1 heterocycles. The summed E-state index contributed by atoms with van der Waals surface area (Å²) in [5, 5.41) is 25.0. The number of aliphatic hydroxyl groups excluding tert-OH is 2. The number of carbonyl (C=O) groups excluding carboxylic acids is 2. The lowest BCUT2D eigenvalue weighted by Crippen LogP contribution is -2.70. The van der Waals surface area contributed by atoms with Crippen LogP contribution in [0.2, 0.25) is 0 Å². The van der Waals surface area contributed by atoms with Crippen LogP contribution in [-0.4, -0.2) is 77.1 Å². The lowest BCUT2D eigenvalue weighted by atomic mass is 9.55. The maximum absolute atomic E-state index is 15.0. The van der Waals surface area contributed by atoms with Gasteiger partial charge >= 0.3 is 6.09 Å². The predicted molar refractivity (Wildman–Crippen MR) is 273 cm³/mol. The number of rotatable bonds is 29. The summed E-state index contributed by atoms with van der Waals surface area (Å²) in [6.07, 6.45) is 20.3. The van der Waals surface area contributed by atoms with Crippen LogP contribution in [0.3, 0.4) is 0 Å². The first-order valence-corrected chi connectivity index (χ1v) is 26.1. The van der Waals surface area contributed by atoms with E-state index in [1.807, 2.05) is 45.0 Å². The zero-order valence-corrected chi connectivity index (χ0v) is 42.3. The molecule has 11 nitrogen and oxygen atoms in total. The molecule has 0 radical (unpaired) electrons. The summed E-state index contributed by atoms with van der Waals surface area (Å²) >= 11 is 0. The van der Waals surface area contributed by atoms with Crippen LogP contribution < -0.4 is 9.47 Å². The lowest BCUT2D eigenvalue weighted by molar-refractivity contribution is -0.256. The number of allylic oxidation sites excluding steroid dienone is 1. The molecular formula is C58H79FN2O9. The molecule has 2 aliphatic carbocycles. The van der Waals surface area contributed by atoms with Crippen molar-refractivity contribution in [3.8, 4) is 17.2 Å². The molecule has 1 aliphatic heterocycles. The Labute approximate surface area is 416 Å². The average molecular weight is 967 g/mol. The maximum Gasteiger partial charge on any atom is 0.410 e. The zero-order valence-electron chi connectivity index (χ0n) is 42.3. The minimum absolute atomic E-state index is 0.0145. The lowest BCUT2D eigenvalue weighted by Gasteiger charge is -2.60. The predicted octanol–water partition coefficient (Wildman–Crippen LogP) is 13.4. The molecule has 382 valence electrons. The summed E-state index contributed by atoms with van der Waals surface area (Å²) in [5.74, 6) is -1.13. The summed E-state index contributed by atoms with van der Waals surface area (Å²) in [6, 6.07) is 18.1. The second-order valence-corrected chi connectivity index (χ2v) is 20.3. The molecule has 3 aromatic carbocycles. The Balaban J connectivity index is 1.48. The van der Waals surface area contributed by atoms with Crippen LogP contribution in [0.1, 0.15) is 164 Å². The minimum atomic E-state index is -1.53. The van der Waals surface area contributed by atoms with Crippen molar-refractivity contribution in [1.82, 2.24) is 4.90 Å². The van der Waals surface area contributed by atoms with Gasteiger partial charge in [-0.1, -0.05) is 119 Å². The van der Waals surface area contributed by atoms with E-state index in [-0.39, 0.29) is 63.0 Å². The van der Waals surface area contributed by atoms with Gasteiger partial charge in [0.15, 0.2) is 0 Å². The van der Waals surface area contributed by atoms with Gasteiger partial charge in [0.25, 0.3) is 0 Å². The van der Waals surface area contributed by atoms with E-state index in [1.54, 1.807) is 41.3 Å². The van der Waals surface area contributed by atoms with Gasteiger partial charge in [-0.15, -0.1) is 6.58 Å². The number of hydrogen-bond donors (Lipinski definition) is 2. The number of carbonyl (C=O) groups is 2. The quantitative estimate of drug-likeness (QED) is 0.0301. The number of halogens is 1. The maximum atomic E-state index is 15.0. The van der Waals surface area contributed by atoms with Crippen LogP contribution >= 0.6 is 0 Å². The Kier molecular flexibility index (Phi) is 20.9. The van der Waals surface area contributed by atoms with E-state index < -0.39 is 29.4 Å². The van der Waals surface area contributed by atoms with E-state index in [0.717, 1.165) is 68.8 Å². The van der Waals surface area contributed by atoms with Gasteiger partial charge in [-0.05, 0) is 118 Å². The topological polar surface area (TPSA) is 136 Å². The molecule has 6 atom stereocenters. The van der Waals surface area contributed by atoms with E-state index in [9.17, 15) is 19.4 Å². The summed E-state index contributed by atoms with van der Waals surface area (Å²) < 4.78 is 41.8. The van der Waals surface area contributed by atoms with Crippen LogP contribution in [0.15, 0.2) is 96.2 Å². The number of hydrogen-bond acceptors (Lipinski definition) is 10. The summed E-state index contributed by atoms with van der Waals surface area (Å²) in [4.78, 5) is 34.7. The van der Waals surface area contributed by atoms with Crippen molar-refractivity contribution >= 4 is 18.1 Å². The Morgan fingerprint density at radius 3 is 2.24 bits per heavy atom. The highest BCUT2D eigenvalue weighted by molar-refractivity contribution is 6.03. The van der Waals surface area contributed by atoms with Crippen molar-refractivity contribution in [3.63, 3.8) is 0 Å². The molecule has 12 heteroatoms. The first-order valence-electron chi connectivity index (χ1n) is 26.1. The highest BCUT2D eigenvalue weighted by atomic mass is 19.1. The van der Waals surface area contributed by atoms with Crippen molar-refractivity contribution in [3.05, 3.63) is 114 Å². The molecule has 0 unspecified atom stereocenters. The Morgan fingerprint density at radius 2 is 1.57 bits per heavy atom. The van der Waals surface area contributed by atoms with E-state index in [0.29, 0.717) is 46.9 Å². The van der Waals surface area contributed by atoms with E-state index >= 15 is 4.79 Å². The molecule has 3 aliphatic rings. The number of amides is 1. The van der Waals surface area contributed by atoms with Crippen LogP contribution in [0.5, 0.6) is 17.2 Å². The summed E-state index contributed by atoms with van der Waals surface area (Å²) in [7, 11) is 0. The van der Waals surface area contributed by atoms with Crippen molar-refractivity contribution in [2.24, 2.45) is 22.9 Å². The highest BCUT2D eigenvalue weighted by Crippen LogP contribution is 2.62. The van der Waals surface area contributed by atoms with Gasteiger partial charge in [0.05, 0.1) is 24.8 Å². The van der Waals surface area contributed by atoms with Gasteiger partial charge in [-0.25, -0.2) is 9.18 Å². The number of benzene rings is 3. The molecule has 0 saturated heterocycles. The normalized spacial score (nSPS) is 22.0. The molecule has 0 aromatic heterocycles. The third-order valence-electron chi connectivity index (χ3n) is 13.9. The molecule has 70 heavy (non-hydrogen) atoms. The highest BCUT2D eigenvalue weighted by Gasteiger charge is 2.65. The Hall–Kier alpha value is -5.04. The van der Waals surface area contributed by atoms with Gasteiger partial charge in [-0.3, -0.25) is 9.69 Å². The Bertz CT molecular complexity index is 2190. The number of nitrogens with zero attached hydrogens (tertiary/aromatic N) is 2. The van der Waals surface area contributed by atoms with E-state index in [4.69, 9.17) is 28.9 Å². The number of oxime groups is 1. The number of unbranched alkanes of at least 4 members (excludes halogenated alkanes) is 11. The van der Waals surface area contributed by atoms with Crippen LogP contribution in [0.25, 0.3) is 0 Å². The molecule has 6 rings (SSSR count). The molecule has 0 bridgehead atoms. The third-order valence-corrected chi connectivity index (χ3v) is 13.9. The molecule has 1 fully saturated rings. The fourth-order valence-electron chi connectivity index (χ4n) is 10.6. The zero-order chi connectivity index (χ0) is 49.9. The monoisotopic (exact) mass is 967 g/mol. The van der Waals surface area contributed by atoms with Crippen LogP contribution in [0.4, 0.5) is 9.18 Å². The van der Waals surface area contributed by atoms with Crippen molar-refractivity contribution in [2.45, 2.75) is 167 Å². The van der Waals surface area contributed by atoms with E-state index in [1.165, 1.54) is 50.7 Å². The first-order chi connectivity index (χ1) is 33.9. The molecular weight excluding hydrogens is 888 g/mol. The van der Waals surface area contributed by atoms with Gasteiger partial charge in [0.1, 0.15) is 41.0 Å². The van der Waals surface area contributed by atoms with E-state index in [2.05, 4.69) is 19.6 Å². The SMILES string of the molecule is C=CCO[C@@]12Oc3ccc(Oc4cccc(C=O)c4)cc3[C@H]3[C@H](CCCCO)[C@@H](CCCCO)C=C(C(=NOC(C)(C)C)C[C@@H]1N(Cc1ccc(F)cc1)C(=O)OCCCCCCCCCCCC)[C@H]32. The Morgan fingerprint density at radius 1 is 0.886 bits per heavy atom. The largest absolute Gasteiger partial charge is 0.459 e. The number of aldehydes is 1. The number of fused-ring (bicyclic) bond motifs is 2. The smallest absolute Gasteiger partial charge is 0.410 e. The molecule has 1 saturated carbocycles. The van der Waals surface area contributed by atoms with Gasteiger partial charge in [0.2, 0.25) is 5.79 Å². The van der Waals surface area contributed by atoms with Crippen LogP contribution in [0, 0.1) is 23.6 Å². The molecule has 3 aromatic rings. The van der Waals surface area contributed by atoms with Crippen molar-refractivity contribution in [1.29, 1.82) is 0 Å². The number of aliphatic hydroxyl groups is 2. The van der Waals surface area contributed by atoms with Crippen molar-refractivity contribution in [2.75, 3.05) is 26.4 Å². The second kappa shape index (κ2) is 27.0. The molecule has 2 N–H and O–H groups in total. The van der Waals surface area contributed by atoms with Gasteiger partial charge < -0.3 is 34.0 Å². The average Bonchev–Trinajstić information content (AvgIpc) is 3.35. The first kappa shape index (κ1) is 54.3. The molecule has 0 spiro atoms. The fourth-order valence-corrected chi connectivity index (χ4v) is 10.6. The second-order valence-electron chi connectivity index (χ2n) is 20.3. The van der Waals surface area contributed by atoms with Gasteiger partial charge in [-0.2, -0.15) is 0 Å². The standard InChI is InChI=1S/C58H79FN2O9/c1-6-8-9-10-11-12-13-14-15-20-35-66-56(65)61(40-42-26-28-45(59)29-27-42)53-39-51(60-70-57(3,4)5)49-37-44(23-16-18-32-62)48(25-17-19-33-63)54-50-38-47(68-46-24-21-22-43(36-46)41-64)30-31-52(50)69-58(53,55(49)54)67-34-7-2/h7,21-22,24,26-31,36-38,41,44,48,53-55,62-63H,2,6,8-20,23,25,32-35,39-40H2,1,3-5H3/t44-,48+,53-,54+,55+,58+/m0/s1. The van der Waals surface area contributed by atoms with Crippen LogP contribution in [-0.2, 0) is 20.9 Å². The van der Waals surface area contributed by atoms with Crippen molar-refractivity contribution < 1.29 is 48.0 Å². The minimum Gasteiger partial charge on any atom is -0.459 e. The number of ether oxygens (including phenoxy) is 4. The summed E-state index contributed by atoms with van der Waals surface area (Å²) in [6.45, 7) is 12.7. The fraction of sp³-hybridized carbons (Fsp3) is 0.569. The third kappa shape index (κ3) is 14.5. The van der Waals surface area contributed by atoms with Gasteiger partial charge in [0, 0.05) is 43.2 Å².